The van der Waals surface area contributed by atoms with Crippen molar-refractivity contribution in [2.24, 2.45) is 5.73 Å². The van der Waals surface area contributed by atoms with E-state index in [4.69, 9.17) is 10.8 Å². The van der Waals surface area contributed by atoms with Crippen molar-refractivity contribution in [3.05, 3.63) is 54.6 Å². The van der Waals surface area contributed by atoms with Gasteiger partial charge in [-0.05, 0) is 23.3 Å². The fourth-order valence-corrected chi connectivity index (χ4v) is 1.73. The molecule has 6 nitrogen and oxygen atoms in total. The number of rotatable bonds is 2. The third-order valence-corrected chi connectivity index (χ3v) is 2.54. The van der Waals surface area contributed by atoms with Gasteiger partial charge in [0.1, 0.15) is 0 Å². The minimum Gasteiger partial charge on any atom is -0.463 e. The number of primary amides is 1. The molecule has 2 aromatic carbocycles. The molecule has 0 aromatic heterocycles. The lowest BCUT2D eigenvalue weighted by atomic mass is 10.1. The molecular weight excluding hydrogens is 260 g/mol. The third-order valence-electron chi connectivity index (χ3n) is 2.54. The molecule has 0 unspecified atom stereocenters. The topological polar surface area (TPSA) is 92.9 Å². The standard InChI is InChI=1S/C14H12N2O4/c15-13(17)20-16(14(18)19)12-8-4-7-11(9-12)10-5-2-1-3-6-10/h1-9H,(H2,15,17)(H,18,19). The van der Waals surface area contributed by atoms with E-state index >= 15 is 0 Å². The highest BCUT2D eigenvalue weighted by Crippen LogP contribution is 2.24. The van der Waals surface area contributed by atoms with Gasteiger partial charge in [0, 0.05) is 0 Å². The van der Waals surface area contributed by atoms with Crippen LogP contribution in [0.1, 0.15) is 0 Å². The summed E-state index contributed by atoms with van der Waals surface area (Å²) >= 11 is 0. The van der Waals surface area contributed by atoms with Crippen LogP contribution in [0, 0.1) is 0 Å². The molecule has 0 aliphatic heterocycles. The Morgan fingerprint density at radius 2 is 1.65 bits per heavy atom. The zero-order valence-corrected chi connectivity index (χ0v) is 10.4. The van der Waals surface area contributed by atoms with Crippen LogP contribution < -0.4 is 10.8 Å². The molecule has 0 atom stereocenters. The number of benzene rings is 2. The van der Waals surface area contributed by atoms with Gasteiger partial charge in [-0.1, -0.05) is 42.5 Å². The first kappa shape index (κ1) is 13.4. The molecule has 3 N–H and O–H groups in total. The molecule has 2 rings (SSSR count). The molecule has 0 heterocycles. The molecule has 0 saturated carbocycles. The number of nitrogens with zero attached hydrogens (tertiary/aromatic N) is 1. The van der Waals surface area contributed by atoms with Crippen molar-refractivity contribution in [2.75, 3.05) is 5.06 Å². The first-order valence-corrected chi connectivity index (χ1v) is 5.74. The molecular formula is C14H12N2O4. The van der Waals surface area contributed by atoms with Gasteiger partial charge in [-0.15, -0.1) is 5.06 Å². The van der Waals surface area contributed by atoms with Crippen molar-refractivity contribution in [1.29, 1.82) is 0 Å². The maximum absolute atomic E-state index is 11.1. The van der Waals surface area contributed by atoms with Gasteiger partial charge < -0.3 is 15.7 Å². The summed E-state index contributed by atoms with van der Waals surface area (Å²) in [7, 11) is 0. The largest absolute Gasteiger partial charge is 0.463 e. The molecule has 6 heteroatoms. The van der Waals surface area contributed by atoms with E-state index in [1.165, 1.54) is 6.07 Å². The van der Waals surface area contributed by atoms with Crippen molar-refractivity contribution < 1.29 is 19.5 Å². The fourth-order valence-electron chi connectivity index (χ4n) is 1.73. The normalized spacial score (nSPS) is 9.80. The lowest BCUT2D eigenvalue weighted by molar-refractivity contribution is 0.124. The summed E-state index contributed by atoms with van der Waals surface area (Å²) in [6.07, 6.45) is -2.63. The first-order chi connectivity index (χ1) is 9.58. The van der Waals surface area contributed by atoms with Crippen LogP contribution >= 0.6 is 0 Å². The van der Waals surface area contributed by atoms with Crippen LogP contribution in [0.15, 0.2) is 54.6 Å². The molecule has 0 aliphatic rings. The Morgan fingerprint density at radius 1 is 1.00 bits per heavy atom. The zero-order chi connectivity index (χ0) is 14.5. The number of carbonyl (C=O) groups is 2. The third kappa shape index (κ3) is 3.05. The van der Waals surface area contributed by atoms with E-state index in [-0.39, 0.29) is 5.69 Å². The van der Waals surface area contributed by atoms with E-state index in [2.05, 4.69) is 4.84 Å². The Labute approximate surface area is 115 Å². The lowest BCUT2D eigenvalue weighted by Crippen LogP contribution is -2.34. The summed E-state index contributed by atoms with van der Waals surface area (Å²) in [6, 6.07) is 16.0. The van der Waals surface area contributed by atoms with Crippen LogP contribution in [0.5, 0.6) is 0 Å². The summed E-state index contributed by atoms with van der Waals surface area (Å²) in [5.41, 5.74) is 6.75. The number of carbonyl (C=O) groups excluding carboxylic acids is 1. The van der Waals surface area contributed by atoms with E-state index in [1.54, 1.807) is 12.1 Å². The Hall–Kier alpha value is -3.02. The van der Waals surface area contributed by atoms with Crippen molar-refractivity contribution in [3.63, 3.8) is 0 Å². The number of amides is 2. The minimum atomic E-state index is -1.44. The zero-order valence-electron chi connectivity index (χ0n) is 10.4. The number of nitrogens with two attached hydrogens (primary N) is 1. The molecule has 0 saturated heterocycles. The smallest absolute Gasteiger partial charge is 0.445 e. The van der Waals surface area contributed by atoms with Crippen molar-refractivity contribution in [3.8, 4) is 11.1 Å². The van der Waals surface area contributed by atoms with Crippen molar-refractivity contribution in [2.45, 2.75) is 0 Å². The second-order valence-corrected chi connectivity index (χ2v) is 3.90. The second-order valence-electron chi connectivity index (χ2n) is 3.90. The van der Waals surface area contributed by atoms with Crippen molar-refractivity contribution >= 4 is 17.9 Å². The van der Waals surface area contributed by atoms with E-state index in [0.717, 1.165) is 11.1 Å². The van der Waals surface area contributed by atoms with E-state index in [9.17, 15) is 9.59 Å². The molecule has 2 aromatic rings. The van der Waals surface area contributed by atoms with Gasteiger partial charge in [0.2, 0.25) is 0 Å². The highest BCUT2D eigenvalue weighted by molar-refractivity contribution is 5.87. The highest BCUT2D eigenvalue weighted by atomic mass is 16.7. The number of anilines is 1. The average molecular weight is 272 g/mol. The maximum atomic E-state index is 11.1. The van der Waals surface area contributed by atoms with Gasteiger partial charge in [-0.25, -0.2) is 9.59 Å². The molecule has 0 radical (unpaired) electrons. The summed E-state index contributed by atoms with van der Waals surface area (Å²) in [5.74, 6) is 0. The predicted octanol–water partition coefficient (Wildman–Crippen LogP) is 2.85. The molecule has 102 valence electrons. The molecule has 20 heavy (non-hydrogen) atoms. The quantitative estimate of drug-likeness (QED) is 0.822. The van der Waals surface area contributed by atoms with Gasteiger partial charge in [0.05, 0.1) is 5.69 Å². The number of hydrogen-bond acceptors (Lipinski definition) is 3. The van der Waals surface area contributed by atoms with Gasteiger partial charge in [0.25, 0.3) is 0 Å². The van der Waals surface area contributed by atoms with Crippen LogP contribution in [0.4, 0.5) is 15.3 Å². The van der Waals surface area contributed by atoms with Gasteiger partial charge >= 0.3 is 12.2 Å². The van der Waals surface area contributed by atoms with Crippen LogP contribution in [-0.2, 0) is 4.84 Å². The monoisotopic (exact) mass is 272 g/mol. The average Bonchev–Trinajstić information content (AvgIpc) is 2.45. The van der Waals surface area contributed by atoms with Crippen LogP contribution in [-0.4, -0.2) is 17.3 Å². The predicted molar refractivity (Wildman–Crippen MR) is 73.1 cm³/mol. The van der Waals surface area contributed by atoms with E-state index < -0.39 is 12.2 Å². The summed E-state index contributed by atoms with van der Waals surface area (Å²) in [4.78, 5) is 26.3. The first-order valence-electron chi connectivity index (χ1n) is 5.74. The summed E-state index contributed by atoms with van der Waals surface area (Å²) in [5, 5.41) is 9.46. The van der Waals surface area contributed by atoms with Gasteiger partial charge in [-0.3, -0.25) is 0 Å². The van der Waals surface area contributed by atoms with Crippen LogP contribution in [0.2, 0.25) is 0 Å². The van der Waals surface area contributed by atoms with E-state index in [0.29, 0.717) is 5.06 Å². The van der Waals surface area contributed by atoms with E-state index in [1.807, 2.05) is 36.4 Å². The number of carboxylic acid groups (broad SMARTS) is 1. The Morgan fingerprint density at radius 3 is 2.25 bits per heavy atom. The van der Waals surface area contributed by atoms with Crippen LogP contribution in [0.25, 0.3) is 11.1 Å². The minimum absolute atomic E-state index is 0.192. The summed E-state index contributed by atoms with van der Waals surface area (Å²) in [6.45, 7) is 0. The molecule has 0 aliphatic carbocycles. The van der Waals surface area contributed by atoms with Gasteiger partial charge in [-0.2, -0.15) is 0 Å². The highest BCUT2D eigenvalue weighted by Gasteiger charge is 2.19. The molecule has 0 fully saturated rings. The molecule has 0 bridgehead atoms. The molecule has 2 amide bonds. The Balaban J connectivity index is 2.38. The SMILES string of the molecule is NC(=O)ON(C(=O)O)c1cccc(-c2ccccc2)c1. The Bertz CT molecular complexity index is 628. The van der Waals surface area contributed by atoms with Gasteiger partial charge in [0.15, 0.2) is 0 Å². The van der Waals surface area contributed by atoms with Crippen molar-refractivity contribution in [1.82, 2.24) is 0 Å². The summed E-state index contributed by atoms with van der Waals surface area (Å²) < 4.78 is 0. The van der Waals surface area contributed by atoms with Crippen LogP contribution in [0.3, 0.4) is 0 Å². The fraction of sp³-hybridized carbons (Fsp3) is 0. The maximum Gasteiger partial charge on any atom is 0.445 e. The molecule has 0 spiro atoms. The second kappa shape index (κ2) is 5.75. The number of hydrogen-bond donors (Lipinski definition) is 2. The lowest BCUT2D eigenvalue weighted by Gasteiger charge is -2.17. The number of hydroxylamine groups is 1. The Kier molecular flexibility index (Phi) is 3.85.